The van der Waals surface area contributed by atoms with Crippen LogP contribution in [0.2, 0.25) is 0 Å². The Morgan fingerprint density at radius 2 is 2.00 bits per heavy atom. The molecule has 1 aromatic rings. The van der Waals surface area contributed by atoms with Crippen LogP contribution in [0.4, 0.5) is 14.6 Å². The fourth-order valence-electron chi connectivity index (χ4n) is 1.92. The summed E-state index contributed by atoms with van der Waals surface area (Å²) in [4.78, 5) is 6.28. The first-order chi connectivity index (χ1) is 7.27. The Bertz CT molecular complexity index is 295. The summed E-state index contributed by atoms with van der Waals surface area (Å²) in [6.07, 6.45) is 0.688. The van der Waals surface area contributed by atoms with Crippen LogP contribution < -0.4 is 4.90 Å². The molecule has 0 aromatic carbocycles. The molecule has 1 aliphatic rings. The van der Waals surface area contributed by atoms with E-state index < -0.39 is 12.3 Å². The minimum absolute atomic E-state index is 0.426. The van der Waals surface area contributed by atoms with Crippen LogP contribution in [0.5, 0.6) is 0 Å². The fourth-order valence-corrected chi connectivity index (χ4v) is 1.92. The van der Waals surface area contributed by atoms with Crippen molar-refractivity contribution < 1.29 is 8.78 Å². The molecule has 82 valence electrons. The largest absolute Gasteiger partial charge is 0.357 e. The highest BCUT2D eigenvalue weighted by atomic mass is 19.3. The molecule has 2 nitrogen and oxygen atoms in total. The van der Waals surface area contributed by atoms with E-state index in [1.807, 2.05) is 18.2 Å². The van der Waals surface area contributed by atoms with Gasteiger partial charge in [0.2, 0.25) is 6.43 Å². The van der Waals surface area contributed by atoms with Crippen LogP contribution in [-0.4, -0.2) is 24.5 Å². The molecule has 0 bridgehead atoms. The highest BCUT2D eigenvalue weighted by Gasteiger charge is 2.26. The lowest BCUT2D eigenvalue weighted by atomic mass is 9.97. The van der Waals surface area contributed by atoms with Gasteiger partial charge < -0.3 is 4.90 Å². The summed E-state index contributed by atoms with van der Waals surface area (Å²) in [5.74, 6) is 0.468. The van der Waals surface area contributed by atoms with E-state index in [2.05, 4.69) is 9.88 Å². The van der Waals surface area contributed by atoms with Gasteiger partial charge in [-0.25, -0.2) is 13.8 Å². The van der Waals surface area contributed by atoms with Gasteiger partial charge in [-0.05, 0) is 25.0 Å². The molecule has 2 heterocycles. The number of nitrogens with zero attached hydrogens (tertiary/aromatic N) is 2. The van der Waals surface area contributed by atoms with Crippen molar-refractivity contribution in [3.63, 3.8) is 0 Å². The van der Waals surface area contributed by atoms with Gasteiger partial charge in [0.15, 0.2) is 0 Å². The Labute approximate surface area is 87.9 Å². The minimum Gasteiger partial charge on any atom is -0.357 e. The summed E-state index contributed by atoms with van der Waals surface area (Å²) >= 11 is 0. The Kier molecular flexibility index (Phi) is 3.14. The van der Waals surface area contributed by atoms with Crippen molar-refractivity contribution in [2.45, 2.75) is 19.3 Å². The van der Waals surface area contributed by atoms with E-state index in [0.717, 1.165) is 5.82 Å². The summed E-state index contributed by atoms with van der Waals surface area (Å²) in [6.45, 7) is 1.37. The SMILES string of the molecule is FC(F)C1CCN(c2ccccn2)CC1. The van der Waals surface area contributed by atoms with Gasteiger partial charge in [-0.3, -0.25) is 0 Å². The average molecular weight is 212 g/mol. The van der Waals surface area contributed by atoms with Gasteiger partial charge in [0.25, 0.3) is 0 Å². The third-order valence-electron chi connectivity index (χ3n) is 2.87. The van der Waals surface area contributed by atoms with Crippen LogP contribution in [0.25, 0.3) is 0 Å². The van der Waals surface area contributed by atoms with Crippen molar-refractivity contribution in [3.05, 3.63) is 24.4 Å². The number of pyridine rings is 1. The zero-order valence-electron chi connectivity index (χ0n) is 8.44. The molecule has 1 fully saturated rings. The van der Waals surface area contributed by atoms with Gasteiger partial charge in [-0.1, -0.05) is 6.07 Å². The molecule has 0 unspecified atom stereocenters. The molecule has 1 aliphatic heterocycles. The highest BCUT2D eigenvalue weighted by Crippen LogP contribution is 2.25. The number of alkyl halides is 2. The van der Waals surface area contributed by atoms with Gasteiger partial charge in [-0.2, -0.15) is 0 Å². The second-order valence-electron chi connectivity index (χ2n) is 3.85. The van der Waals surface area contributed by atoms with Crippen LogP contribution in [0.3, 0.4) is 0 Å². The molecule has 4 heteroatoms. The van der Waals surface area contributed by atoms with Crippen molar-refractivity contribution in [1.29, 1.82) is 0 Å². The molecule has 0 amide bonds. The molecular formula is C11H14F2N2. The normalized spacial score (nSPS) is 18.5. The molecule has 0 saturated carbocycles. The van der Waals surface area contributed by atoms with Crippen molar-refractivity contribution >= 4 is 5.82 Å². The molecule has 0 radical (unpaired) electrons. The number of rotatable bonds is 2. The Morgan fingerprint density at radius 3 is 2.53 bits per heavy atom. The van der Waals surface area contributed by atoms with E-state index in [1.54, 1.807) is 6.20 Å². The number of hydrogen-bond acceptors (Lipinski definition) is 2. The summed E-state index contributed by atoms with van der Waals surface area (Å²) in [6, 6.07) is 5.69. The fraction of sp³-hybridized carbons (Fsp3) is 0.545. The molecule has 2 rings (SSSR count). The van der Waals surface area contributed by atoms with E-state index >= 15 is 0 Å². The topological polar surface area (TPSA) is 16.1 Å². The van der Waals surface area contributed by atoms with Crippen LogP contribution in [-0.2, 0) is 0 Å². The average Bonchev–Trinajstić information content (AvgIpc) is 2.30. The summed E-state index contributed by atoms with van der Waals surface area (Å²) < 4.78 is 24.8. The number of aromatic nitrogens is 1. The molecule has 0 aliphatic carbocycles. The van der Waals surface area contributed by atoms with Gasteiger partial charge in [-0.15, -0.1) is 0 Å². The van der Waals surface area contributed by atoms with Gasteiger partial charge in [0.05, 0.1) is 0 Å². The first-order valence-corrected chi connectivity index (χ1v) is 5.21. The van der Waals surface area contributed by atoms with Gasteiger partial charge >= 0.3 is 0 Å². The van der Waals surface area contributed by atoms with E-state index in [9.17, 15) is 8.78 Å². The molecule has 1 saturated heterocycles. The van der Waals surface area contributed by atoms with Crippen molar-refractivity contribution in [2.24, 2.45) is 5.92 Å². The van der Waals surface area contributed by atoms with Gasteiger partial charge in [0, 0.05) is 25.2 Å². The van der Waals surface area contributed by atoms with Crippen molar-refractivity contribution in [3.8, 4) is 0 Å². The van der Waals surface area contributed by atoms with Crippen LogP contribution >= 0.6 is 0 Å². The Hall–Kier alpha value is -1.19. The first kappa shape index (κ1) is 10.3. The molecule has 0 atom stereocenters. The summed E-state index contributed by atoms with van der Waals surface area (Å²) in [7, 11) is 0. The maximum atomic E-state index is 12.4. The second-order valence-corrected chi connectivity index (χ2v) is 3.85. The zero-order valence-corrected chi connectivity index (χ0v) is 8.44. The lowest BCUT2D eigenvalue weighted by Crippen LogP contribution is -2.36. The number of piperidine rings is 1. The quantitative estimate of drug-likeness (QED) is 0.749. The summed E-state index contributed by atoms with van der Waals surface area (Å²) in [5, 5.41) is 0. The van der Waals surface area contributed by atoms with Crippen LogP contribution in [0.15, 0.2) is 24.4 Å². The van der Waals surface area contributed by atoms with Crippen LogP contribution in [0.1, 0.15) is 12.8 Å². The van der Waals surface area contributed by atoms with Crippen molar-refractivity contribution in [2.75, 3.05) is 18.0 Å². The second kappa shape index (κ2) is 4.55. The predicted molar refractivity (Wildman–Crippen MR) is 55.2 cm³/mol. The lowest BCUT2D eigenvalue weighted by molar-refractivity contribution is 0.0635. The number of halogens is 2. The third-order valence-corrected chi connectivity index (χ3v) is 2.87. The summed E-state index contributed by atoms with van der Waals surface area (Å²) in [5.41, 5.74) is 0. The monoisotopic (exact) mass is 212 g/mol. The van der Waals surface area contributed by atoms with E-state index in [4.69, 9.17) is 0 Å². The highest BCUT2D eigenvalue weighted by molar-refractivity contribution is 5.37. The maximum Gasteiger partial charge on any atom is 0.241 e. The van der Waals surface area contributed by atoms with E-state index in [-0.39, 0.29) is 0 Å². The zero-order chi connectivity index (χ0) is 10.7. The van der Waals surface area contributed by atoms with Gasteiger partial charge in [0.1, 0.15) is 5.82 Å². The number of hydrogen-bond donors (Lipinski definition) is 0. The Morgan fingerprint density at radius 1 is 1.27 bits per heavy atom. The molecule has 1 aromatic heterocycles. The Balaban J connectivity index is 1.94. The van der Waals surface area contributed by atoms with Crippen LogP contribution in [0, 0.1) is 5.92 Å². The van der Waals surface area contributed by atoms with E-state index in [1.165, 1.54) is 0 Å². The molecule has 15 heavy (non-hydrogen) atoms. The van der Waals surface area contributed by atoms with E-state index in [0.29, 0.717) is 25.9 Å². The lowest BCUT2D eigenvalue weighted by Gasteiger charge is -2.32. The minimum atomic E-state index is -2.17. The standard InChI is InChI=1S/C11H14F2N2/c12-11(13)9-4-7-15(8-5-9)10-3-1-2-6-14-10/h1-3,6,9,11H,4-5,7-8H2. The van der Waals surface area contributed by atoms with Crippen molar-refractivity contribution in [1.82, 2.24) is 4.98 Å². The molecule has 0 spiro atoms. The number of anilines is 1. The smallest absolute Gasteiger partial charge is 0.241 e. The predicted octanol–water partition coefficient (Wildman–Crippen LogP) is 2.56. The maximum absolute atomic E-state index is 12.4. The molecule has 0 N–H and O–H groups in total. The molecular weight excluding hydrogens is 198 g/mol. The third kappa shape index (κ3) is 2.43. The first-order valence-electron chi connectivity index (χ1n) is 5.21.